The normalized spacial score (nSPS) is 49.5. The fraction of sp³-hybridized carbons (Fsp3) is 0.767. The second kappa shape index (κ2) is 9.76. The molecule has 9 nitrogen and oxygen atoms in total. The zero-order valence-corrected chi connectivity index (χ0v) is 22.7. The van der Waals surface area contributed by atoms with Gasteiger partial charge in [-0.15, -0.1) is 0 Å². The SMILES string of the molecule is C[C@]12CC[C@H](O[C@@H]3O[C@H](CO)[C@@H](O)[C@H](O)[C@H]3O)C=C1CC[C@@H]1[C@@H]2CC[C@]2(C)[C@H](c3ccc(=O)oc3)CC[C@]12O. The molecule has 1 saturated heterocycles. The van der Waals surface area contributed by atoms with Crippen molar-refractivity contribution in [3.63, 3.8) is 0 Å². The maximum atomic E-state index is 12.4. The predicted octanol–water partition coefficient (Wildman–Crippen LogP) is 1.99. The highest BCUT2D eigenvalue weighted by molar-refractivity contribution is 5.31. The molecular formula is C30H42O9. The standard InChI is InChI=1S/C30H42O9/c1-28-10-7-18(38-27-26(35)25(34)24(33)22(14-31)39-27)13-17(28)4-5-21-20(28)8-11-29(2)19(9-12-30(21,29)36)16-3-6-23(32)37-15-16/h3,6,13,15,18-22,24-27,31,33-36H,4-5,7-12,14H2,1-2H3/t18-,19-,20-,21+,22+,24+,25-,26+,27+,28-,29+,30-/m0/s1. The Bertz CT molecular complexity index is 1140. The average molecular weight is 547 g/mol. The van der Waals surface area contributed by atoms with Crippen LogP contribution in [0.4, 0.5) is 0 Å². The van der Waals surface area contributed by atoms with Gasteiger partial charge in [0.05, 0.1) is 24.6 Å². The molecule has 0 aromatic carbocycles. The number of hydrogen-bond donors (Lipinski definition) is 5. The van der Waals surface area contributed by atoms with Crippen LogP contribution in [-0.2, 0) is 9.47 Å². The molecule has 0 amide bonds. The number of hydrogen-bond acceptors (Lipinski definition) is 9. The summed E-state index contributed by atoms with van der Waals surface area (Å²) in [6.45, 7) is 4.06. The van der Waals surface area contributed by atoms with Gasteiger partial charge in [0, 0.05) is 11.5 Å². The van der Waals surface area contributed by atoms with Crippen molar-refractivity contribution in [1.82, 2.24) is 0 Å². The maximum absolute atomic E-state index is 12.4. The molecule has 1 aromatic heterocycles. The van der Waals surface area contributed by atoms with Crippen molar-refractivity contribution in [2.75, 3.05) is 6.61 Å². The van der Waals surface area contributed by atoms with E-state index in [1.54, 1.807) is 6.26 Å². The predicted molar refractivity (Wildman–Crippen MR) is 140 cm³/mol. The second-order valence-electron chi connectivity index (χ2n) is 13.1. The average Bonchev–Trinajstić information content (AvgIpc) is 3.20. The molecule has 0 bridgehead atoms. The second-order valence-corrected chi connectivity index (χ2v) is 13.1. The molecule has 39 heavy (non-hydrogen) atoms. The Kier molecular flexibility index (Phi) is 6.90. The smallest absolute Gasteiger partial charge is 0.335 e. The van der Waals surface area contributed by atoms with Crippen molar-refractivity contribution in [2.45, 2.75) is 114 Å². The van der Waals surface area contributed by atoms with E-state index in [-0.39, 0.29) is 34.4 Å². The summed E-state index contributed by atoms with van der Waals surface area (Å²) in [5.74, 6) is 0.679. The third kappa shape index (κ3) is 4.11. The van der Waals surface area contributed by atoms with Crippen molar-refractivity contribution < 1.29 is 39.4 Å². The fourth-order valence-electron chi connectivity index (χ4n) is 9.23. The zero-order valence-electron chi connectivity index (χ0n) is 22.7. The molecular weight excluding hydrogens is 504 g/mol. The molecule has 4 aliphatic carbocycles. The molecule has 9 heteroatoms. The maximum Gasteiger partial charge on any atom is 0.335 e. The van der Waals surface area contributed by atoms with Crippen LogP contribution in [0, 0.1) is 22.7 Å². The number of allylic oxidation sites excluding steroid dienone is 1. The molecule has 1 aliphatic heterocycles. The van der Waals surface area contributed by atoms with Gasteiger partial charge in [-0.05, 0) is 86.2 Å². The van der Waals surface area contributed by atoms with Crippen molar-refractivity contribution in [2.24, 2.45) is 22.7 Å². The number of aliphatic hydroxyl groups is 5. The number of aliphatic hydroxyl groups excluding tert-OH is 4. The van der Waals surface area contributed by atoms with Crippen molar-refractivity contribution in [1.29, 1.82) is 0 Å². The highest BCUT2D eigenvalue weighted by atomic mass is 16.7. The number of fused-ring (bicyclic) bond motifs is 5. The Morgan fingerprint density at radius 2 is 1.77 bits per heavy atom. The summed E-state index contributed by atoms with van der Waals surface area (Å²) >= 11 is 0. The quantitative estimate of drug-likeness (QED) is 0.357. The summed E-state index contributed by atoms with van der Waals surface area (Å²) in [5, 5.41) is 52.6. The Labute approximate surface area is 228 Å². The van der Waals surface area contributed by atoms with Crippen LogP contribution in [0.3, 0.4) is 0 Å². The van der Waals surface area contributed by atoms with Crippen LogP contribution in [0.25, 0.3) is 0 Å². The van der Waals surface area contributed by atoms with E-state index in [9.17, 15) is 30.3 Å². The van der Waals surface area contributed by atoms with Crippen molar-refractivity contribution >= 4 is 0 Å². The lowest BCUT2D eigenvalue weighted by Crippen LogP contribution is -2.61. The van der Waals surface area contributed by atoms with Crippen molar-refractivity contribution in [3.8, 4) is 0 Å². The third-order valence-electron chi connectivity index (χ3n) is 11.5. The summed E-state index contributed by atoms with van der Waals surface area (Å²) in [5.41, 5.74) is 0.833. The minimum absolute atomic E-state index is 0.0627. The third-order valence-corrected chi connectivity index (χ3v) is 11.5. The van der Waals surface area contributed by atoms with E-state index in [0.29, 0.717) is 12.3 Å². The lowest BCUT2D eigenvalue weighted by molar-refractivity contribution is -0.308. The number of ether oxygens (including phenoxy) is 2. The van der Waals surface area contributed by atoms with E-state index < -0.39 is 42.9 Å². The van der Waals surface area contributed by atoms with Crippen molar-refractivity contribution in [3.05, 3.63) is 46.0 Å². The summed E-state index contributed by atoms with van der Waals surface area (Å²) in [7, 11) is 0. The molecule has 0 unspecified atom stereocenters. The molecule has 3 saturated carbocycles. The fourth-order valence-corrected chi connectivity index (χ4v) is 9.23. The summed E-state index contributed by atoms with van der Waals surface area (Å²) in [4.78, 5) is 11.5. The Hall–Kier alpha value is -1.59. The minimum atomic E-state index is -1.46. The first-order chi connectivity index (χ1) is 18.5. The van der Waals surface area contributed by atoms with E-state index in [1.807, 2.05) is 6.07 Å². The lowest BCUT2D eigenvalue weighted by Gasteiger charge is -2.62. The molecule has 2 heterocycles. The summed E-state index contributed by atoms with van der Waals surface area (Å²) < 4.78 is 16.9. The van der Waals surface area contributed by atoms with E-state index in [2.05, 4.69) is 19.9 Å². The molecule has 6 rings (SSSR count). The van der Waals surface area contributed by atoms with Crippen LogP contribution in [0.1, 0.15) is 76.7 Å². The first kappa shape index (κ1) is 27.6. The molecule has 1 aromatic rings. The minimum Gasteiger partial charge on any atom is -0.431 e. The van der Waals surface area contributed by atoms with E-state index in [4.69, 9.17) is 13.9 Å². The molecule has 5 aliphatic rings. The summed E-state index contributed by atoms with van der Waals surface area (Å²) in [6.07, 6.45) is 3.85. The van der Waals surface area contributed by atoms with Gasteiger partial charge in [0.1, 0.15) is 24.4 Å². The van der Waals surface area contributed by atoms with Gasteiger partial charge in [0.2, 0.25) is 0 Å². The van der Waals surface area contributed by atoms with Crippen LogP contribution in [0.15, 0.2) is 39.3 Å². The van der Waals surface area contributed by atoms with Crippen LogP contribution in [0.5, 0.6) is 0 Å². The van der Waals surface area contributed by atoms with E-state index in [1.165, 1.54) is 11.6 Å². The molecule has 0 spiro atoms. The molecule has 5 N–H and O–H groups in total. The monoisotopic (exact) mass is 546 g/mol. The highest BCUT2D eigenvalue weighted by Crippen LogP contribution is 2.70. The van der Waals surface area contributed by atoms with Crippen LogP contribution in [0.2, 0.25) is 0 Å². The molecule has 216 valence electrons. The van der Waals surface area contributed by atoms with Gasteiger partial charge in [0.15, 0.2) is 6.29 Å². The van der Waals surface area contributed by atoms with Gasteiger partial charge in [-0.25, -0.2) is 4.79 Å². The largest absolute Gasteiger partial charge is 0.431 e. The van der Waals surface area contributed by atoms with Gasteiger partial charge in [-0.1, -0.05) is 25.5 Å². The summed E-state index contributed by atoms with van der Waals surface area (Å²) in [6, 6.07) is 3.34. The first-order valence-corrected chi connectivity index (χ1v) is 14.5. The van der Waals surface area contributed by atoms with Gasteiger partial charge >= 0.3 is 5.63 Å². The highest BCUT2D eigenvalue weighted by Gasteiger charge is 2.66. The van der Waals surface area contributed by atoms with Gasteiger partial charge in [-0.3, -0.25) is 0 Å². The lowest BCUT2D eigenvalue weighted by atomic mass is 9.45. The van der Waals surface area contributed by atoms with Crippen LogP contribution < -0.4 is 5.63 Å². The van der Waals surface area contributed by atoms with E-state index in [0.717, 1.165) is 50.5 Å². The Balaban J connectivity index is 1.21. The van der Waals surface area contributed by atoms with E-state index >= 15 is 0 Å². The Morgan fingerprint density at radius 3 is 2.49 bits per heavy atom. The van der Waals surface area contributed by atoms with Crippen LogP contribution >= 0.6 is 0 Å². The molecule has 0 radical (unpaired) electrons. The van der Waals surface area contributed by atoms with Gasteiger partial charge < -0.3 is 39.4 Å². The first-order valence-electron chi connectivity index (χ1n) is 14.5. The Morgan fingerprint density at radius 1 is 0.974 bits per heavy atom. The number of rotatable bonds is 4. The zero-order chi connectivity index (χ0) is 27.7. The topological polar surface area (TPSA) is 150 Å². The van der Waals surface area contributed by atoms with Gasteiger partial charge in [0.25, 0.3) is 0 Å². The van der Waals surface area contributed by atoms with Crippen LogP contribution in [-0.4, -0.2) is 74.6 Å². The molecule has 4 fully saturated rings. The van der Waals surface area contributed by atoms with Gasteiger partial charge in [-0.2, -0.15) is 0 Å². The molecule has 12 atom stereocenters.